The van der Waals surface area contributed by atoms with Gasteiger partial charge < -0.3 is 9.31 Å². The summed E-state index contributed by atoms with van der Waals surface area (Å²) in [7, 11) is -0.608. The molecule has 0 N–H and O–H groups in total. The van der Waals surface area contributed by atoms with Crippen molar-refractivity contribution in [2.75, 3.05) is 0 Å². The molecule has 1 aromatic carbocycles. The Bertz CT molecular complexity index is 538. The number of fused-ring (bicyclic) bond motifs is 1. The van der Waals surface area contributed by atoms with E-state index in [-0.39, 0.29) is 5.82 Å². The van der Waals surface area contributed by atoms with Gasteiger partial charge in [-0.3, -0.25) is 0 Å². The van der Waals surface area contributed by atoms with Crippen LogP contribution in [0.15, 0.2) is 12.1 Å². The first-order chi connectivity index (χ1) is 9.82. The fourth-order valence-corrected chi connectivity index (χ4v) is 3.13. The molecule has 2 aliphatic rings. The largest absolute Gasteiger partial charge is 0.497 e. The fraction of sp³-hybridized carbons (Fsp3) is 0.647. The molecule has 1 fully saturated rings. The third-order valence-electron chi connectivity index (χ3n) is 5.25. The van der Waals surface area contributed by atoms with E-state index in [1.54, 1.807) is 0 Å². The number of halogens is 1. The lowest BCUT2D eigenvalue weighted by molar-refractivity contribution is 0.00578. The summed E-state index contributed by atoms with van der Waals surface area (Å²) in [6.07, 6.45) is 5.21. The lowest BCUT2D eigenvalue weighted by atomic mass is 9.76. The van der Waals surface area contributed by atoms with Crippen molar-refractivity contribution >= 4 is 12.6 Å². The third-order valence-corrected chi connectivity index (χ3v) is 5.25. The van der Waals surface area contributed by atoms with Crippen molar-refractivity contribution in [3.8, 4) is 0 Å². The average molecular weight is 290 g/mol. The number of hydrogen-bond acceptors (Lipinski definition) is 2. The first-order valence-electron chi connectivity index (χ1n) is 7.98. The van der Waals surface area contributed by atoms with Crippen LogP contribution in [0.2, 0.25) is 0 Å². The molecular formula is C17H24BFO2. The molecule has 1 aromatic rings. The van der Waals surface area contributed by atoms with Gasteiger partial charge in [-0.15, -0.1) is 0 Å². The molecule has 0 radical (unpaired) electrons. The van der Waals surface area contributed by atoms with Crippen molar-refractivity contribution in [1.29, 1.82) is 0 Å². The summed E-state index contributed by atoms with van der Waals surface area (Å²) in [6.45, 7) is 7.98. The minimum atomic E-state index is -0.608. The van der Waals surface area contributed by atoms with Gasteiger partial charge in [-0.2, -0.15) is 0 Å². The zero-order chi connectivity index (χ0) is 15.3. The van der Waals surface area contributed by atoms with Crippen LogP contribution in [0.1, 0.15) is 58.1 Å². The monoisotopic (exact) mass is 290 g/mol. The Kier molecular flexibility index (Phi) is 3.65. The van der Waals surface area contributed by atoms with Gasteiger partial charge in [0.25, 0.3) is 0 Å². The molecule has 1 aliphatic carbocycles. The Labute approximate surface area is 127 Å². The molecule has 0 aromatic heterocycles. The molecule has 114 valence electrons. The highest BCUT2D eigenvalue weighted by molar-refractivity contribution is 6.62. The van der Waals surface area contributed by atoms with Gasteiger partial charge in [0.15, 0.2) is 0 Å². The molecule has 1 aliphatic heterocycles. The van der Waals surface area contributed by atoms with Crippen LogP contribution in [0.25, 0.3) is 0 Å². The van der Waals surface area contributed by atoms with Crippen LogP contribution in [0.5, 0.6) is 0 Å². The van der Waals surface area contributed by atoms with E-state index in [9.17, 15) is 4.39 Å². The number of rotatable bonds is 1. The van der Waals surface area contributed by atoms with Crippen LogP contribution < -0.4 is 5.46 Å². The molecule has 21 heavy (non-hydrogen) atoms. The average Bonchev–Trinajstić information content (AvgIpc) is 2.58. The zero-order valence-corrected chi connectivity index (χ0v) is 13.5. The molecule has 4 heteroatoms. The van der Waals surface area contributed by atoms with Crippen molar-refractivity contribution in [3.63, 3.8) is 0 Å². The highest BCUT2D eigenvalue weighted by Gasteiger charge is 2.52. The number of hydrogen-bond donors (Lipinski definition) is 0. The fourth-order valence-electron chi connectivity index (χ4n) is 3.13. The molecule has 0 saturated carbocycles. The second-order valence-corrected chi connectivity index (χ2v) is 7.26. The molecule has 0 amide bonds. The van der Waals surface area contributed by atoms with Gasteiger partial charge in [0, 0.05) is 5.46 Å². The van der Waals surface area contributed by atoms with Crippen LogP contribution >= 0.6 is 0 Å². The number of aryl methyl sites for hydroxylation is 1. The summed E-state index contributed by atoms with van der Waals surface area (Å²) in [5.74, 6) is -0.118. The van der Waals surface area contributed by atoms with Gasteiger partial charge in [-0.05, 0) is 64.5 Å². The standard InChI is InChI=1S/C17H24BFO2/c1-16(2)17(3,4)21-18(20-16)14-11-10-12-8-6-5-7-9-13(12)15(14)19/h10-11H,5-9H2,1-4H3. The summed E-state index contributed by atoms with van der Waals surface area (Å²) in [4.78, 5) is 0. The molecule has 3 rings (SSSR count). The van der Waals surface area contributed by atoms with Gasteiger partial charge in [0.2, 0.25) is 0 Å². The van der Waals surface area contributed by atoms with Gasteiger partial charge in [-0.25, -0.2) is 4.39 Å². The maximum absolute atomic E-state index is 14.9. The molecule has 0 spiro atoms. The minimum absolute atomic E-state index is 0.118. The lowest BCUT2D eigenvalue weighted by Crippen LogP contribution is -2.41. The molecule has 1 heterocycles. The van der Waals surface area contributed by atoms with Crippen LogP contribution in [0.4, 0.5) is 4.39 Å². The van der Waals surface area contributed by atoms with E-state index in [0.717, 1.165) is 36.8 Å². The molecule has 2 nitrogen and oxygen atoms in total. The topological polar surface area (TPSA) is 18.5 Å². The Morgan fingerprint density at radius 2 is 1.57 bits per heavy atom. The SMILES string of the molecule is CC1(C)OB(c2ccc3c(c2F)CCCCC3)OC1(C)C. The molecule has 0 bridgehead atoms. The maximum Gasteiger partial charge on any atom is 0.497 e. The summed E-state index contributed by atoms with van der Waals surface area (Å²) in [5, 5.41) is 0. The highest BCUT2D eigenvalue weighted by atomic mass is 19.1. The summed E-state index contributed by atoms with van der Waals surface area (Å²) in [6, 6.07) is 3.91. The third kappa shape index (κ3) is 2.53. The van der Waals surface area contributed by atoms with Crippen molar-refractivity contribution < 1.29 is 13.7 Å². The molecule has 0 atom stereocenters. The molecule has 1 saturated heterocycles. The van der Waals surface area contributed by atoms with Crippen molar-refractivity contribution in [2.24, 2.45) is 0 Å². The maximum atomic E-state index is 14.9. The lowest BCUT2D eigenvalue weighted by Gasteiger charge is -2.32. The van der Waals surface area contributed by atoms with Gasteiger partial charge in [-0.1, -0.05) is 18.6 Å². The Morgan fingerprint density at radius 1 is 0.952 bits per heavy atom. The van der Waals surface area contributed by atoms with E-state index in [1.807, 2.05) is 33.8 Å². The summed E-state index contributed by atoms with van der Waals surface area (Å²) >= 11 is 0. The summed E-state index contributed by atoms with van der Waals surface area (Å²) in [5.41, 5.74) is 1.72. The molecule has 0 unspecified atom stereocenters. The Balaban J connectivity index is 1.96. The quantitative estimate of drug-likeness (QED) is 0.583. The van der Waals surface area contributed by atoms with E-state index >= 15 is 0 Å². The van der Waals surface area contributed by atoms with Crippen molar-refractivity contribution in [2.45, 2.75) is 71.0 Å². The van der Waals surface area contributed by atoms with E-state index in [0.29, 0.717) is 5.46 Å². The molecular weight excluding hydrogens is 266 g/mol. The van der Waals surface area contributed by atoms with Crippen molar-refractivity contribution in [3.05, 3.63) is 29.1 Å². The van der Waals surface area contributed by atoms with E-state index in [1.165, 1.54) is 6.42 Å². The van der Waals surface area contributed by atoms with Crippen LogP contribution in [0.3, 0.4) is 0 Å². The minimum Gasteiger partial charge on any atom is -0.399 e. The van der Waals surface area contributed by atoms with Gasteiger partial charge in [0.1, 0.15) is 5.82 Å². The van der Waals surface area contributed by atoms with E-state index in [4.69, 9.17) is 9.31 Å². The van der Waals surface area contributed by atoms with Gasteiger partial charge in [0.05, 0.1) is 11.2 Å². The van der Waals surface area contributed by atoms with E-state index in [2.05, 4.69) is 6.07 Å². The van der Waals surface area contributed by atoms with Crippen LogP contribution in [-0.4, -0.2) is 18.3 Å². The predicted molar refractivity (Wildman–Crippen MR) is 83.4 cm³/mol. The normalized spacial score (nSPS) is 23.8. The first kappa shape index (κ1) is 15.0. The first-order valence-corrected chi connectivity index (χ1v) is 7.98. The Morgan fingerprint density at radius 3 is 2.24 bits per heavy atom. The van der Waals surface area contributed by atoms with Crippen LogP contribution in [0, 0.1) is 5.82 Å². The predicted octanol–water partition coefficient (Wildman–Crippen LogP) is 3.39. The second kappa shape index (κ2) is 5.10. The highest BCUT2D eigenvalue weighted by Crippen LogP contribution is 2.37. The van der Waals surface area contributed by atoms with Gasteiger partial charge >= 0.3 is 7.12 Å². The summed E-state index contributed by atoms with van der Waals surface area (Å²) < 4.78 is 26.9. The number of benzene rings is 1. The Hall–Kier alpha value is -0.865. The van der Waals surface area contributed by atoms with E-state index < -0.39 is 18.3 Å². The second-order valence-electron chi connectivity index (χ2n) is 7.26. The van der Waals surface area contributed by atoms with Crippen LogP contribution in [-0.2, 0) is 22.2 Å². The zero-order valence-electron chi connectivity index (χ0n) is 13.5. The van der Waals surface area contributed by atoms with Crippen molar-refractivity contribution in [1.82, 2.24) is 0 Å². The smallest absolute Gasteiger partial charge is 0.399 e.